The lowest BCUT2D eigenvalue weighted by Gasteiger charge is -2.09. The Balaban J connectivity index is 1.89. The number of anilines is 1. The van der Waals surface area contributed by atoms with Crippen LogP contribution in [0.15, 0.2) is 23.7 Å². The van der Waals surface area contributed by atoms with Crippen LogP contribution in [-0.4, -0.2) is 16.5 Å². The molecule has 2 heterocycles. The van der Waals surface area contributed by atoms with Gasteiger partial charge in [0.25, 0.3) is 0 Å². The van der Waals surface area contributed by atoms with Crippen LogP contribution in [0, 0.1) is 18.6 Å². The second-order valence-electron chi connectivity index (χ2n) is 4.56. The second kappa shape index (κ2) is 5.33. The number of rotatable bonds is 4. The van der Waals surface area contributed by atoms with E-state index in [9.17, 15) is 8.78 Å². The second-order valence-corrected chi connectivity index (χ2v) is 5.43. The summed E-state index contributed by atoms with van der Waals surface area (Å²) in [4.78, 5) is 5.10. The van der Waals surface area contributed by atoms with E-state index in [1.165, 1.54) is 31.4 Å². The Morgan fingerprint density at radius 2 is 2.14 bits per heavy atom. The van der Waals surface area contributed by atoms with Gasteiger partial charge in [-0.3, -0.25) is 4.40 Å². The average molecular weight is 309 g/mol. The molecule has 0 amide bonds. The molecule has 4 nitrogen and oxygen atoms in total. The highest BCUT2D eigenvalue weighted by Gasteiger charge is 2.14. The largest absolute Gasteiger partial charge is 0.480 e. The third-order valence-corrected chi connectivity index (χ3v) is 3.97. The normalized spacial score (nSPS) is 11.0. The SMILES string of the molecule is COc1nc2sccn2c1CNc1cc(F)c(C)cc1F. The minimum atomic E-state index is -0.487. The molecule has 0 unspecified atom stereocenters. The van der Waals surface area contributed by atoms with Crippen LogP contribution in [0.25, 0.3) is 4.96 Å². The van der Waals surface area contributed by atoms with Crippen LogP contribution in [0.5, 0.6) is 5.88 Å². The van der Waals surface area contributed by atoms with E-state index >= 15 is 0 Å². The summed E-state index contributed by atoms with van der Waals surface area (Å²) in [6.45, 7) is 1.80. The van der Waals surface area contributed by atoms with Gasteiger partial charge in [0.1, 0.15) is 17.3 Å². The minimum Gasteiger partial charge on any atom is -0.480 e. The van der Waals surface area contributed by atoms with Crippen LogP contribution in [0.4, 0.5) is 14.5 Å². The van der Waals surface area contributed by atoms with Crippen molar-refractivity contribution < 1.29 is 13.5 Å². The van der Waals surface area contributed by atoms with Crippen molar-refractivity contribution >= 4 is 22.0 Å². The highest BCUT2D eigenvalue weighted by atomic mass is 32.1. The fourth-order valence-electron chi connectivity index (χ4n) is 2.10. The molecule has 0 fully saturated rings. The summed E-state index contributed by atoms with van der Waals surface area (Å²) in [6, 6.07) is 2.33. The highest BCUT2D eigenvalue weighted by Crippen LogP contribution is 2.25. The van der Waals surface area contributed by atoms with Crippen molar-refractivity contribution in [2.75, 3.05) is 12.4 Å². The lowest BCUT2D eigenvalue weighted by molar-refractivity contribution is 0.395. The molecule has 0 bridgehead atoms. The summed E-state index contributed by atoms with van der Waals surface area (Å²) in [7, 11) is 1.53. The Morgan fingerprint density at radius 1 is 1.33 bits per heavy atom. The number of benzene rings is 1. The molecule has 0 saturated carbocycles. The average Bonchev–Trinajstić information content (AvgIpc) is 3.02. The first-order valence-electron chi connectivity index (χ1n) is 6.28. The van der Waals surface area contributed by atoms with E-state index in [2.05, 4.69) is 10.3 Å². The smallest absolute Gasteiger partial charge is 0.238 e. The predicted octanol–water partition coefficient (Wildman–Crippen LogP) is 3.60. The van der Waals surface area contributed by atoms with Gasteiger partial charge in [0.2, 0.25) is 5.88 Å². The van der Waals surface area contributed by atoms with E-state index in [1.807, 2.05) is 16.0 Å². The number of aromatic nitrogens is 2. The minimum absolute atomic E-state index is 0.116. The third kappa shape index (κ3) is 2.44. The van der Waals surface area contributed by atoms with Crippen molar-refractivity contribution in [3.63, 3.8) is 0 Å². The molecule has 7 heteroatoms. The molecule has 110 valence electrons. The first kappa shape index (κ1) is 13.8. The van der Waals surface area contributed by atoms with Gasteiger partial charge in [-0.05, 0) is 18.6 Å². The molecule has 0 radical (unpaired) electrons. The highest BCUT2D eigenvalue weighted by molar-refractivity contribution is 7.15. The van der Waals surface area contributed by atoms with Crippen LogP contribution in [-0.2, 0) is 6.54 Å². The summed E-state index contributed by atoms with van der Waals surface area (Å²) in [5.74, 6) is -0.457. The van der Waals surface area contributed by atoms with Crippen molar-refractivity contribution in [2.24, 2.45) is 0 Å². The molecule has 0 aliphatic rings. The van der Waals surface area contributed by atoms with Gasteiger partial charge in [-0.1, -0.05) is 0 Å². The fourth-order valence-corrected chi connectivity index (χ4v) is 2.82. The summed E-state index contributed by atoms with van der Waals surface area (Å²) < 4.78 is 34.4. The number of hydrogen-bond acceptors (Lipinski definition) is 4. The lowest BCUT2D eigenvalue weighted by Crippen LogP contribution is -2.06. The molecular formula is C14H13F2N3OS. The Morgan fingerprint density at radius 3 is 2.90 bits per heavy atom. The molecule has 0 aliphatic heterocycles. The molecule has 2 aromatic heterocycles. The number of fused-ring (bicyclic) bond motifs is 1. The molecule has 21 heavy (non-hydrogen) atoms. The van der Waals surface area contributed by atoms with Crippen molar-refractivity contribution in [1.29, 1.82) is 0 Å². The zero-order valence-corrected chi connectivity index (χ0v) is 12.3. The molecule has 1 N–H and O–H groups in total. The van der Waals surface area contributed by atoms with Crippen molar-refractivity contribution in [3.05, 3.63) is 46.6 Å². The maximum atomic E-state index is 13.8. The van der Waals surface area contributed by atoms with Gasteiger partial charge >= 0.3 is 0 Å². The summed E-state index contributed by atoms with van der Waals surface area (Å²) in [6.07, 6.45) is 1.86. The topological polar surface area (TPSA) is 38.6 Å². The van der Waals surface area contributed by atoms with Gasteiger partial charge in [-0.2, -0.15) is 4.98 Å². The van der Waals surface area contributed by atoms with E-state index in [4.69, 9.17) is 4.74 Å². The molecule has 0 spiro atoms. The molecule has 1 aromatic carbocycles. The number of halogens is 2. The quantitative estimate of drug-likeness (QED) is 0.800. The van der Waals surface area contributed by atoms with Crippen molar-refractivity contribution in [2.45, 2.75) is 13.5 Å². The summed E-state index contributed by atoms with van der Waals surface area (Å²) >= 11 is 1.48. The maximum Gasteiger partial charge on any atom is 0.238 e. The number of aryl methyl sites for hydroxylation is 1. The number of nitrogens with zero attached hydrogens (tertiary/aromatic N) is 2. The van der Waals surface area contributed by atoms with Crippen LogP contribution >= 0.6 is 11.3 Å². The molecular weight excluding hydrogens is 296 g/mol. The van der Waals surface area contributed by atoms with E-state index in [-0.39, 0.29) is 17.8 Å². The molecule has 3 aromatic rings. The molecule has 0 saturated heterocycles. The zero-order chi connectivity index (χ0) is 15.0. The lowest BCUT2D eigenvalue weighted by atomic mass is 10.2. The van der Waals surface area contributed by atoms with Crippen LogP contribution in [0.2, 0.25) is 0 Å². The standard InChI is InChI=1S/C14H13F2N3OS/c1-8-5-10(16)11(6-9(8)15)17-7-12-13(20-2)18-14-19(12)3-4-21-14/h3-6,17H,7H2,1-2H3. The Labute approximate surface area is 124 Å². The van der Waals surface area contributed by atoms with Crippen molar-refractivity contribution in [1.82, 2.24) is 9.38 Å². The monoisotopic (exact) mass is 309 g/mol. The Bertz CT molecular complexity index is 797. The van der Waals surface area contributed by atoms with E-state index in [0.717, 1.165) is 16.7 Å². The van der Waals surface area contributed by atoms with Gasteiger partial charge < -0.3 is 10.1 Å². The van der Waals surface area contributed by atoms with Gasteiger partial charge in [-0.15, -0.1) is 11.3 Å². The molecule has 0 atom stereocenters. The van der Waals surface area contributed by atoms with Gasteiger partial charge in [0.15, 0.2) is 4.96 Å². The molecule has 0 aliphatic carbocycles. The van der Waals surface area contributed by atoms with Crippen molar-refractivity contribution in [3.8, 4) is 5.88 Å². The Hall–Kier alpha value is -2.15. The van der Waals surface area contributed by atoms with Gasteiger partial charge in [0.05, 0.1) is 19.3 Å². The number of hydrogen-bond donors (Lipinski definition) is 1. The van der Waals surface area contributed by atoms with Crippen LogP contribution in [0.3, 0.4) is 0 Å². The van der Waals surface area contributed by atoms with Gasteiger partial charge in [0, 0.05) is 17.6 Å². The van der Waals surface area contributed by atoms with E-state index < -0.39 is 11.6 Å². The van der Waals surface area contributed by atoms with E-state index in [0.29, 0.717) is 5.88 Å². The zero-order valence-electron chi connectivity index (χ0n) is 11.5. The number of imidazole rings is 1. The maximum absolute atomic E-state index is 13.8. The summed E-state index contributed by atoms with van der Waals surface area (Å²) in [5.41, 5.74) is 1.15. The fraction of sp³-hybridized carbons (Fsp3) is 0.214. The van der Waals surface area contributed by atoms with Crippen LogP contribution in [0.1, 0.15) is 11.3 Å². The van der Waals surface area contributed by atoms with Crippen LogP contribution < -0.4 is 10.1 Å². The van der Waals surface area contributed by atoms with Gasteiger partial charge in [-0.25, -0.2) is 8.78 Å². The third-order valence-electron chi connectivity index (χ3n) is 3.21. The first-order valence-corrected chi connectivity index (χ1v) is 7.16. The number of methoxy groups -OCH3 is 1. The van der Waals surface area contributed by atoms with E-state index in [1.54, 1.807) is 0 Å². The summed E-state index contributed by atoms with van der Waals surface area (Å²) in [5, 5.41) is 4.79. The predicted molar refractivity (Wildman–Crippen MR) is 78.0 cm³/mol. The number of thiazole rings is 1. The first-order chi connectivity index (χ1) is 10.1. The number of ether oxygens (including phenoxy) is 1. The molecule has 3 rings (SSSR count). The Kier molecular flexibility index (Phi) is 3.50. The number of nitrogens with one attached hydrogen (secondary N) is 1.